The Bertz CT molecular complexity index is 853. The highest BCUT2D eigenvalue weighted by atomic mass is 35.5. The van der Waals surface area contributed by atoms with Crippen LogP contribution in [0.4, 0.5) is 17.0 Å². The zero-order valence-corrected chi connectivity index (χ0v) is 15.5. The fourth-order valence-electron chi connectivity index (χ4n) is 1.87. The molecule has 0 aromatic carbocycles. The molecule has 136 valence electrons. The van der Waals surface area contributed by atoms with Crippen LogP contribution in [0.25, 0.3) is 11.5 Å². The van der Waals surface area contributed by atoms with Crippen molar-refractivity contribution in [3.63, 3.8) is 0 Å². The summed E-state index contributed by atoms with van der Waals surface area (Å²) in [7, 11) is 1.75. The number of nitrogens with one attached hydrogen (secondary N) is 1. The Hall–Kier alpha value is -2.50. The van der Waals surface area contributed by atoms with Crippen molar-refractivity contribution < 1.29 is 4.42 Å². The first-order valence-corrected chi connectivity index (χ1v) is 7.44. The van der Waals surface area contributed by atoms with Gasteiger partial charge in [0.05, 0.1) is 6.54 Å². The average molecular weight is 406 g/mol. The molecule has 0 aliphatic carbocycles. The molecule has 7 N–H and O–H groups in total. The fourth-order valence-corrected chi connectivity index (χ4v) is 2.57. The molecule has 0 spiro atoms. The molecule has 3 rings (SSSR count). The Morgan fingerprint density at radius 3 is 2.72 bits per heavy atom. The third kappa shape index (κ3) is 4.98. The van der Waals surface area contributed by atoms with Gasteiger partial charge in [-0.05, 0) is 12.1 Å². The first-order chi connectivity index (χ1) is 11.0. The van der Waals surface area contributed by atoms with Crippen molar-refractivity contribution >= 4 is 59.1 Å². The van der Waals surface area contributed by atoms with Gasteiger partial charge in [0.25, 0.3) is 0 Å². The number of guanidine groups is 1. The number of nitrogens with zero attached hydrogens (tertiary/aromatic N) is 5. The third-order valence-corrected chi connectivity index (χ3v) is 3.57. The number of hydrogen-bond donors (Lipinski definition) is 4. The van der Waals surface area contributed by atoms with Crippen LogP contribution in [0.3, 0.4) is 0 Å². The molecule has 25 heavy (non-hydrogen) atoms. The van der Waals surface area contributed by atoms with Crippen molar-refractivity contribution in [3.8, 4) is 11.5 Å². The molecule has 0 saturated carbocycles. The van der Waals surface area contributed by atoms with Gasteiger partial charge in [0.1, 0.15) is 11.5 Å². The predicted octanol–water partition coefficient (Wildman–Crippen LogP) is 1.47. The van der Waals surface area contributed by atoms with E-state index < -0.39 is 0 Å². The molecule has 0 atom stereocenters. The molecular weight excluding hydrogens is 389 g/mol. The zero-order chi connectivity index (χ0) is 16.4. The summed E-state index contributed by atoms with van der Waals surface area (Å²) in [6.07, 6.45) is 0. The predicted molar refractivity (Wildman–Crippen MR) is 103 cm³/mol. The highest BCUT2D eigenvalue weighted by Gasteiger charge is 2.10. The normalized spacial score (nSPS) is 9.80. The van der Waals surface area contributed by atoms with E-state index in [1.807, 2.05) is 17.5 Å². The van der Waals surface area contributed by atoms with E-state index in [2.05, 4.69) is 25.4 Å². The molecule has 0 radical (unpaired) electrons. The molecule has 0 fully saturated rings. The number of furan rings is 1. The van der Waals surface area contributed by atoms with Gasteiger partial charge < -0.3 is 26.9 Å². The summed E-state index contributed by atoms with van der Waals surface area (Å²) in [5, 5.41) is 9.34. The second-order valence-corrected chi connectivity index (χ2v) is 5.43. The van der Waals surface area contributed by atoms with Gasteiger partial charge in [0.15, 0.2) is 11.7 Å². The van der Waals surface area contributed by atoms with Crippen LogP contribution in [0, 0.1) is 0 Å². The average Bonchev–Trinajstić information content (AvgIpc) is 3.16. The standard InChI is InChI=1S/C12H15N9OS.2ClH/c1-21-11(19-10(15)20-21)16-4-6-2-3-8(22-6)7-5-23-12(17-7)18-9(13)14;;/h2-3,5H,4H2,1H3,(H4,13,14,17,18)(H3,15,16,19,20);2*1H. The molecule has 3 aromatic rings. The monoisotopic (exact) mass is 405 g/mol. The summed E-state index contributed by atoms with van der Waals surface area (Å²) in [6, 6.07) is 3.68. The third-order valence-electron chi connectivity index (χ3n) is 2.83. The maximum Gasteiger partial charge on any atom is 0.241 e. The largest absolute Gasteiger partial charge is 0.458 e. The van der Waals surface area contributed by atoms with Gasteiger partial charge in [0, 0.05) is 12.4 Å². The molecule has 0 aliphatic rings. The van der Waals surface area contributed by atoms with E-state index in [4.69, 9.17) is 21.6 Å². The van der Waals surface area contributed by atoms with E-state index >= 15 is 0 Å². The number of aliphatic imine (C=N–C) groups is 1. The molecular formula is C12H17Cl2N9OS. The summed E-state index contributed by atoms with van der Waals surface area (Å²) >= 11 is 1.33. The summed E-state index contributed by atoms with van der Waals surface area (Å²) in [5.41, 5.74) is 16.8. The van der Waals surface area contributed by atoms with Crippen molar-refractivity contribution in [2.24, 2.45) is 23.5 Å². The van der Waals surface area contributed by atoms with Gasteiger partial charge in [0.2, 0.25) is 17.0 Å². The van der Waals surface area contributed by atoms with Gasteiger partial charge in [-0.3, -0.25) is 0 Å². The molecule has 10 nitrogen and oxygen atoms in total. The topological polar surface area (TPSA) is 159 Å². The minimum Gasteiger partial charge on any atom is -0.458 e. The number of aryl methyl sites for hydroxylation is 1. The Morgan fingerprint density at radius 2 is 2.08 bits per heavy atom. The van der Waals surface area contributed by atoms with Crippen molar-refractivity contribution in [3.05, 3.63) is 23.3 Å². The summed E-state index contributed by atoms with van der Waals surface area (Å²) in [6.45, 7) is 0.441. The van der Waals surface area contributed by atoms with Crippen molar-refractivity contribution in [2.75, 3.05) is 11.1 Å². The van der Waals surface area contributed by atoms with E-state index in [1.54, 1.807) is 11.7 Å². The number of anilines is 2. The van der Waals surface area contributed by atoms with E-state index in [-0.39, 0.29) is 36.7 Å². The van der Waals surface area contributed by atoms with E-state index in [9.17, 15) is 0 Å². The lowest BCUT2D eigenvalue weighted by molar-refractivity contribution is 0.528. The molecule has 0 unspecified atom stereocenters. The fraction of sp³-hybridized carbons (Fsp3) is 0.167. The lowest BCUT2D eigenvalue weighted by atomic mass is 10.3. The number of nitrogen functional groups attached to an aromatic ring is 1. The Balaban J connectivity index is 0.00000156. The van der Waals surface area contributed by atoms with Crippen LogP contribution >= 0.6 is 36.2 Å². The molecule has 0 amide bonds. The number of halogens is 2. The maximum absolute atomic E-state index is 5.74. The highest BCUT2D eigenvalue weighted by Crippen LogP contribution is 2.28. The van der Waals surface area contributed by atoms with Gasteiger partial charge in [-0.25, -0.2) is 9.67 Å². The summed E-state index contributed by atoms with van der Waals surface area (Å²) < 4.78 is 7.30. The zero-order valence-electron chi connectivity index (χ0n) is 13.0. The van der Waals surface area contributed by atoms with Gasteiger partial charge in [-0.2, -0.15) is 9.98 Å². The molecule has 0 saturated heterocycles. The van der Waals surface area contributed by atoms with Gasteiger partial charge >= 0.3 is 0 Å². The smallest absolute Gasteiger partial charge is 0.241 e. The van der Waals surface area contributed by atoms with Crippen molar-refractivity contribution in [1.29, 1.82) is 0 Å². The Morgan fingerprint density at radius 1 is 1.32 bits per heavy atom. The SMILES string of the molecule is Cl.Cl.Cn1nc(N)nc1NCc1ccc(-c2csc(N=C(N)N)n2)o1. The van der Waals surface area contributed by atoms with Crippen LogP contribution in [0.5, 0.6) is 0 Å². The highest BCUT2D eigenvalue weighted by molar-refractivity contribution is 7.13. The van der Waals surface area contributed by atoms with Gasteiger partial charge in [-0.1, -0.05) is 0 Å². The van der Waals surface area contributed by atoms with Crippen LogP contribution in [-0.2, 0) is 13.6 Å². The molecule has 3 aromatic heterocycles. The van der Waals surface area contributed by atoms with Crippen LogP contribution in [-0.4, -0.2) is 25.7 Å². The van der Waals surface area contributed by atoms with Crippen LogP contribution in [0.2, 0.25) is 0 Å². The lowest BCUT2D eigenvalue weighted by Crippen LogP contribution is -2.21. The van der Waals surface area contributed by atoms with E-state index in [1.165, 1.54) is 11.3 Å². The van der Waals surface area contributed by atoms with Crippen molar-refractivity contribution in [1.82, 2.24) is 19.7 Å². The van der Waals surface area contributed by atoms with Crippen molar-refractivity contribution in [2.45, 2.75) is 6.54 Å². The number of hydrogen-bond acceptors (Lipinski definition) is 8. The van der Waals surface area contributed by atoms with Crippen LogP contribution < -0.4 is 22.5 Å². The molecule has 13 heteroatoms. The first kappa shape index (κ1) is 20.5. The minimum atomic E-state index is -0.0295. The molecule has 0 aliphatic heterocycles. The molecule has 3 heterocycles. The van der Waals surface area contributed by atoms with Crippen LogP contribution in [0.1, 0.15) is 5.76 Å². The Kier molecular flexibility index (Phi) is 7.03. The number of aromatic nitrogens is 4. The number of rotatable bonds is 5. The Labute approximate surface area is 159 Å². The number of thiazole rings is 1. The van der Waals surface area contributed by atoms with Gasteiger partial charge in [-0.15, -0.1) is 41.2 Å². The minimum absolute atomic E-state index is 0. The van der Waals surface area contributed by atoms with E-state index in [0.29, 0.717) is 29.1 Å². The first-order valence-electron chi connectivity index (χ1n) is 6.56. The summed E-state index contributed by atoms with van der Waals surface area (Å²) in [5.74, 6) is 2.10. The van der Waals surface area contributed by atoms with Crippen LogP contribution in [0.15, 0.2) is 26.9 Å². The maximum atomic E-state index is 5.74. The number of nitrogens with two attached hydrogens (primary N) is 3. The second-order valence-electron chi connectivity index (χ2n) is 4.59. The van der Waals surface area contributed by atoms with E-state index in [0.717, 1.165) is 5.76 Å². The molecule has 0 bridgehead atoms. The second kappa shape index (κ2) is 8.55. The lowest BCUT2D eigenvalue weighted by Gasteiger charge is -2.01. The quantitative estimate of drug-likeness (QED) is 0.366. The summed E-state index contributed by atoms with van der Waals surface area (Å²) in [4.78, 5) is 12.2.